The van der Waals surface area contributed by atoms with Crippen LogP contribution in [0.25, 0.3) is 0 Å². The molecule has 0 bridgehead atoms. The quantitative estimate of drug-likeness (QED) is 0.678. The van der Waals surface area contributed by atoms with Gasteiger partial charge >= 0.3 is 0 Å². The van der Waals surface area contributed by atoms with Crippen LogP contribution in [0.2, 0.25) is 0 Å². The van der Waals surface area contributed by atoms with Crippen molar-refractivity contribution in [2.75, 3.05) is 7.05 Å². The lowest BCUT2D eigenvalue weighted by Gasteiger charge is -2.15. The summed E-state index contributed by atoms with van der Waals surface area (Å²) in [6.07, 6.45) is 7.62. The molecular weight excluding hydrogens is 178 g/mol. The number of ketones is 1. The summed E-state index contributed by atoms with van der Waals surface area (Å²) in [6.45, 7) is 0. The third kappa shape index (κ3) is 3.32. The Hall–Kier alpha value is -1.12. The lowest BCUT2D eigenvalue weighted by atomic mass is 9.90. The molecule has 0 fully saturated rings. The van der Waals surface area contributed by atoms with Gasteiger partial charge in [-0.2, -0.15) is 0 Å². The summed E-state index contributed by atoms with van der Waals surface area (Å²) >= 11 is 0. The van der Waals surface area contributed by atoms with E-state index in [2.05, 4.69) is 11.4 Å². The SMILES string of the molecule is CNC(=O)CC1CC/C=C/CCC1=O. The molecule has 1 N–H and O–H groups in total. The second kappa shape index (κ2) is 5.58. The minimum Gasteiger partial charge on any atom is -0.359 e. The largest absolute Gasteiger partial charge is 0.359 e. The molecule has 0 aliphatic heterocycles. The molecule has 1 amide bonds. The smallest absolute Gasteiger partial charge is 0.220 e. The van der Waals surface area contributed by atoms with Crippen molar-refractivity contribution >= 4 is 11.7 Å². The van der Waals surface area contributed by atoms with E-state index in [1.807, 2.05) is 6.08 Å². The van der Waals surface area contributed by atoms with E-state index >= 15 is 0 Å². The Morgan fingerprint density at radius 1 is 1.50 bits per heavy atom. The lowest BCUT2D eigenvalue weighted by molar-refractivity contribution is -0.129. The van der Waals surface area contributed by atoms with Gasteiger partial charge in [0, 0.05) is 25.8 Å². The average Bonchev–Trinajstić information content (AvgIpc) is 2.17. The molecule has 0 radical (unpaired) electrons. The van der Waals surface area contributed by atoms with Gasteiger partial charge in [0.25, 0.3) is 0 Å². The second-order valence-corrected chi connectivity index (χ2v) is 3.63. The fourth-order valence-corrected chi connectivity index (χ4v) is 1.67. The fraction of sp³-hybridized carbons (Fsp3) is 0.636. The predicted octanol–water partition coefficient (Wildman–Crippen LogP) is 1.44. The number of hydrogen-bond acceptors (Lipinski definition) is 2. The summed E-state index contributed by atoms with van der Waals surface area (Å²) < 4.78 is 0. The Morgan fingerprint density at radius 3 is 2.93 bits per heavy atom. The van der Waals surface area contributed by atoms with Crippen molar-refractivity contribution in [1.82, 2.24) is 5.32 Å². The van der Waals surface area contributed by atoms with Gasteiger partial charge in [-0.05, 0) is 19.3 Å². The van der Waals surface area contributed by atoms with Crippen LogP contribution < -0.4 is 5.32 Å². The van der Waals surface area contributed by atoms with E-state index in [0.717, 1.165) is 19.3 Å². The van der Waals surface area contributed by atoms with Gasteiger partial charge in [-0.3, -0.25) is 9.59 Å². The van der Waals surface area contributed by atoms with E-state index in [-0.39, 0.29) is 17.6 Å². The number of hydrogen-bond donors (Lipinski definition) is 1. The number of allylic oxidation sites excluding steroid dienone is 2. The van der Waals surface area contributed by atoms with Gasteiger partial charge < -0.3 is 5.32 Å². The van der Waals surface area contributed by atoms with Crippen LogP contribution in [0, 0.1) is 5.92 Å². The van der Waals surface area contributed by atoms with E-state index in [0.29, 0.717) is 12.8 Å². The molecule has 78 valence electrons. The molecule has 14 heavy (non-hydrogen) atoms. The Labute approximate surface area is 84.6 Å². The van der Waals surface area contributed by atoms with E-state index in [4.69, 9.17) is 0 Å². The highest BCUT2D eigenvalue weighted by Crippen LogP contribution is 2.18. The predicted molar refractivity (Wildman–Crippen MR) is 54.8 cm³/mol. The summed E-state index contributed by atoms with van der Waals surface area (Å²) in [5.74, 6) is 0.130. The molecule has 1 unspecified atom stereocenters. The van der Waals surface area contributed by atoms with Crippen molar-refractivity contribution in [1.29, 1.82) is 0 Å². The number of carbonyl (C=O) groups excluding carboxylic acids is 2. The van der Waals surface area contributed by atoms with E-state index in [1.165, 1.54) is 0 Å². The normalized spacial score (nSPS) is 24.9. The highest BCUT2D eigenvalue weighted by atomic mass is 16.2. The van der Waals surface area contributed by atoms with Crippen LogP contribution in [0.4, 0.5) is 0 Å². The highest BCUT2D eigenvalue weighted by Gasteiger charge is 2.20. The maximum absolute atomic E-state index is 11.6. The van der Waals surface area contributed by atoms with Crippen LogP contribution in [-0.4, -0.2) is 18.7 Å². The van der Waals surface area contributed by atoms with Crippen LogP contribution >= 0.6 is 0 Å². The van der Waals surface area contributed by atoms with E-state index in [1.54, 1.807) is 7.05 Å². The van der Waals surface area contributed by atoms with Gasteiger partial charge in [0.05, 0.1) is 0 Å². The summed E-state index contributed by atoms with van der Waals surface area (Å²) in [6, 6.07) is 0. The summed E-state index contributed by atoms with van der Waals surface area (Å²) in [5.41, 5.74) is 0. The number of carbonyl (C=O) groups is 2. The van der Waals surface area contributed by atoms with Gasteiger partial charge in [-0.15, -0.1) is 0 Å². The third-order valence-electron chi connectivity index (χ3n) is 2.57. The molecule has 0 saturated heterocycles. The van der Waals surface area contributed by atoms with Crippen LogP contribution in [0.15, 0.2) is 12.2 Å². The maximum atomic E-state index is 11.6. The molecule has 0 heterocycles. The topological polar surface area (TPSA) is 46.2 Å². The summed E-state index contributed by atoms with van der Waals surface area (Å²) in [4.78, 5) is 22.7. The highest BCUT2D eigenvalue weighted by molar-refractivity contribution is 5.87. The molecule has 1 atom stereocenters. The standard InChI is InChI=1S/C11H17NO2/c1-12-11(14)8-9-6-4-2-3-5-7-10(9)13/h2-3,9H,4-8H2,1H3,(H,12,14)/b3-2+. The van der Waals surface area contributed by atoms with Crippen LogP contribution in [-0.2, 0) is 9.59 Å². The number of rotatable bonds is 2. The van der Waals surface area contributed by atoms with Gasteiger partial charge in [-0.1, -0.05) is 12.2 Å². The van der Waals surface area contributed by atoms with Crippen LogP contribution in [0.5, 0.6) is 0 Å². The zero-order valence-electron chi connectivity index (χ0n) is 8.58. The maximum Gasteiger partial charge on any atom is 0.220 e. The monoisotopic (exact) mass is 195 g/mol. The number of nitrogens with one attached hydrogen (secondary N) is 1. The summed E-state index contributed by atoms with van der Waals surface area (Å²) in [5, 5.41) is 2.56. The zero-order valence-corrected chi connectivity index (χ0v) is 8.58. The molecule has 0 aromatic carbocycles. The minimum atomic E-state index is -0.0695. The molecule has 3 heteroatoms. The minimum absolute atomic E-state index is 0.0343. The Kier molecular flexibility index (Phi) is 4.36. The van der Waals surface area contributed by atoms with Gasteiger partial charge in [-0.25, -0.2) is 0 Å². The Morgan fingerprint density at radius 2 is 2.21 bits per heavy atom. The first kappa shape index (κ1) is 11.0. The van der Waals surface area contributed by atoms with Crippen molar-refractivity contribution in [3.05, 3.63) is 12.2 Å². The van der Waals surface area contributed by atoms with Crippen molar-refractivity contribution in [2.24, 2.45) is 5.92 Å². The lowest BCUT2D eigenvalue weighted by Crippen LogP contribution is -2.25. The van der Waals surface area contributed by atoms with E-state index < -0.39 is 0 Å². The number of Topliss-reactive ketones (excluding diaryl/α,β-unsaturated/α-hetero) is 1. The average molecular weight is 195 g/mol. The molecular formula is C11H17NO2. The van der Waals surface area contributed by atoms with Gasteiger partial charge in [0.15, 0.2) is 0 Å². The fourth-order valence-electron chi connectivity index (χ4n) is 1.67. The van der Waals surface area contributed by atoms with Crippen LogP contribution in [0.1, 0.15) is 32.1 Å². The second-order valence-electron chi connectivity index (χ2n) is 3.63. The zero-order chi connectivity index (χ0) is 10.4. The Bertz CT molecular complexity index is 246. The summed E-state index contributed by atoms with van der Waals surface area (Å²) in [7, 11) is 1.61. The van der Waals surface area contributed by atoms with Gasteiger partial charge in [0.1, 0.15) is 5.78 Å². The first-order valence-corrected chi connectivity index (χ1v) is 5.12. The first-order valence-electron chi connectivity index (χ1n) is 5.12. The molecule has 0 saturated carbocycles. The van der Waals surface area contributed by atoms with Crippen molar-refractivity contribution in [3.8, 4) is 0 Å². The van der Waals surface area contributed by atoms with Crippen molar-refractivity contribution in [2.45, 2.75) is 32.1 Å². The van der Waals surface area contributed by atoms with E-state index in [9.17, 15) is 9.59 Å². The molecule has 1 aliphatic carbocycles. The molecule has 3 nitrogen and oxygen atoms in total. The molecule has 1 rings (SSSR count). The molecule has 1 aliphatic rings. The molecule has 0 aromatic heterocycles. The van der Waals surface area contributed by atoms with Crippen LogP contribution in [0.3, 0.4) is 0 Å². The molecule has 0 aromatic rings. The Balaban J connectivity index is 2.51. The van der Waals surface area contributed by atoms with Crippen molar-refractivity contribution < 1.29 is 9.59 Å². The molecule has 0 spiro atoms. The van der Waals surface area contributed by atoms with Crippen molar-refractivity contribution in [3.63, 3.8) is 0 Å². The van der Waals surface area contributed by atoms with Gasteiger partial charge in [0.2, 0.25) is 5.91 Å². The first-order chi connectivity index (χ1) is 6.74. The number of amides is 1. The third-order valence-corrected chi connectivity index (χ3v) is 2.57.